The van der Waals surface area contributed by atoms with Crippen LogP contribution in [0.2, 0.25) is 0 Å². The Morgan fingerprint density at radius 3 is 2.87 bits per heavy atom. The first kappa shape index (κ1) is 11.0. The van der Waals surface area contributed by atoms with Crippen molar-refractivity contribution < 1.29 is 4.79 Å². The van der Waals surface area contributed by atoms with Gasteiger partial charge in [-0.05, 0) is 37.9 Å². The minimum absolute atomic E-state index is 0.0308. The highest BCUT2D eigenvalue weighted by atomic mass is 79.9. The zero-order valence-corrected chi connectivity index (χ0v) is 10.9. The zero-order valence-electron chi connectivity index (χ0n) is 7.76. The van der Waals surface area contributed by atoms with Crippen LogP contribution in [0.3, 0.4) is 0 Å². The summed E-state index contributed by atoms with van der Waals surface area (Å²) < 4.78 is 1.71. The Bertz CT molecular complexity index is 397. The second-order valence-corrected chi connectivity index (χ2v) is 4.97. The van der Waals surface area contributed by atoms with Gasteiger partial charge < -0.3 is 5.32 Å². The Labute approximate surface area is 104 Å². The van der Waals surface area contributed by atoms with Gasteiger partial charge in [0.15, 0.2) is 0 Å². The summed E-state index contributed by atoms with van der Waals surface area (Å²) in [5.41, 5.74) is 0.718. The number of carbonyl (C=O) groups is 1. The van der Waals surface area contributed by atoms with E-state index in [4.69, 9.17) is 0 Å². The summed E-state index contributed by atoms with van der Waals surface area (Å²) in [6.07, 6.45) is 1.68. The van der Waals surface area contributed by atoms with Crippen LogP contribution >= 0.6 is 31.9 Å². The van der Waals surface area contributed by atoms with Crippen LogP contribution in [0.1, 0.15) is 11.7 Å². The largest absolute Gasteiger partial charge is 0.353 e. The molecule has 4 nitrogen and oxygen atoms in total. The molecule has 0 aliphatic carbocycles. The van der Waals surface area contributed by atoms with E-state index in [1.165, 1.54) is 0 Å². The molecule has 2 N–H and O–H groups in total. The Kier molecular flexibility index (Phi) is 3.38. The number of rotatable bonds is 1. The van der Waals surface area contributed by atoms with Crippen molar-refractivity contribution in [3.05, 3.63) is 26.9 Å². The molecule has 1 amide bonds. The predicted molar refractivity (Wildman–Crippen MR) is 63.4 cm³/mol. The number of aromatic nitrogens is 1. The molecule has 6 heteroatoms. The number of piperazine rings is 1. The normalized spacial score (nSPS) is 21.2. The van der Waals surface area contributed by atoms with Gasteiger partial charge in [-0.15, -0.1) is 0 Å². The molecule has 1 aliphatic heterocycles. The SMILES string of the molecule is O=C1NCCNC1c1ncc(Br)cc1Br. The fourth-order valence-corrected chi connectivity index (χ4v) is 2.67. The molecule has 15 heavy (non-hydrogen) atoms. The van der Waals surface area contributed by atoms with E-state index in [1.807, 2.05) is 6.07 Å². The molecule has 1 unspecified atom stereocenters. The molecule has 1 fully saturated rings. The van der Waals surface area contributed by atoms with Gasteiger partial charge in [-0.3, -0.25) is 15.1 Å². The molecule has 2 heterocycles. The van der Waals surface area contributed by atoms with Gasteiger partial charge in [-0.1, -0.05) is 0 Å². The molecule has 0 saturated carbocycles. The average Bonchev–Trinajstić information content (AvgIpc) is 2.20. The van der Waals surface area contributed by atoms with E-state index in [0.717, 1.165) is 21.2 Å². The van der Waals surface area contributed by atoms with Gasteiger partial charge in [-0.25, -0.2) is 0 Å². The fourth-order valence-electron chi connectivity index (χ4n) is 1.46. The summed E-state index contributed by atoms with van der Waals surface area (Å²) in [5.74, 6) is -0.0308. The van der Waals surface area contributed by atoms with Gasteiger partial charge in [0.1, 0.15) is 6.04 Å². The van der Waals surface area contributed by atoms with Crippen LogP contribution in [0, 0.1) is 0 Å². The first-order valence-corrected chi connectivity index (χ1v) is 6.09. The van der Waals surface area contributed by atoms with Gasteiger partial charge in [0.25, 0.3) is 0 Å². The quantitative estimate of drug-likeness (QED) is 0.815. The number of amides is 1. The van der Waals surface area contributed by atoms with Crippen molar-refractivity contribution in [1.29, 1.82) is 0 Å². The van der Waals surface area contributed by atoms with Crippen LogP contribution in [-0.2, 0) is 4.79 Å². The van der Waals surface area contributed by atoms with Crippen LogP contribution in [0.15, 0.2) is 21.2 Å². The molecule has 0 aromatic carbocycles. The number of pyridine rings is 1. The standard InChI is InChI=1S/C9H9Br2N3O/c10-5-3-6(11)7(14-4-5)8-9(15)13-2-1-12-8/h3-4,8,12H,1-2H2,(H,13,15). The highest BCUT2D eigenvalue weighted by Crippen LogP contribution is 2.25. The monoisotopic (exact) mass is 333 g/mol. The summed E-state index contributed by atoms with van der Waals surface area (Å²) in [4.78, 5) is 15.8. The van der Waals surface area contributed by atoms with E-state index in [0.29, 0.717) is 6.54 Å². The van der Waals surface area contributed by atoms with Gasteiger partial charge in [0, 0.05) is 28.2 Å². The summed E-state index contributed by atoms with van der Waals surface area (Å²) in [5, 5.41) is 5.92. The summed E-state index contributed by atoms with van der Waals surface area (Å²) in [6.45, 7) is 1.43. The lowest BCUT2D eigenvalue weighted by Gasteiger charge is -2.23. The van der Waals surface area contributed by atoms with Crippen LogP contribution in [0.25, 0.3) is 0 Å². The van der Waals surface area contributed by atoms with E-state index in [9.17, 15) is 4.79 Å². The minimum atomic E-state index is -0.360. The second kappa shape index (κ2) is 4.59. The fraction of sp³-hybridized carbons (Fsp3) is 0.333. The van der Waals surface area contributed by atoms with E-state index >= 15 is 0 Å². The van der Waals surface area contributed by atoms with Crippen molar-refractivity contribution in [2.75, 3.05) is 13.1 Å². The Hall–Kier alpha value is -0.460. The first-order chi connectivity index (χ1) is 7.18. The molecule has 1 atom stereocenters. The van der Waals surface area contributed by atoms with Crippen LogP contribution in [0.5, 0.6) is 0 Å². The Balaban J connectivity index is 2.31. The maximum absolute atomic E-state index is 11.6. The van der Waals surface area contributed by atoms with Gasteiger partial charge in [0.05, 0.1) is 5.69 Å². The van der Waals surface area contributed by atoms with E-state index in [1.54, 1.807) is 6.20 Å². The minimum Gasteiger partial charge on any atom is -0.353 e. The predicted octanol–water partition coefficient (Wildman–Crippen LogP) is 1.37. The van der Waals surface area contributed by atoms with E-state index in [-0.39, 0.29) is 11.9 Å². The Morgan fingerprint density at radius 2 is 2.20 bits per heavy atom. The molecule has 1 aromatic rings. The number of halogens is 2. The first-order valence-electron chi connectivity index (χ1n) is 4.50. The van der Waals surface area contributed by atoms with Crippen LogP contribution in [-0.4, -0.2) is 24.0 Å². The van der Waals surface area contributed by atoms with Crippen molar-refractivity contribution in [3.63, 3.8) is 0 Å². The highest BCUT2D eigenvalue weighted by Gasteiger charge is 2.26. The molecule has 1 aromatic heterocycles. The molecule has 1 aliphatic rings. The molecule has 0 spiro atoms. The smallest absolute Gasteiger partial charge is 0.243 e. The molecule has 0 radical (unpaired) electrons. The summed E-state index contributed by atoms with van der Waals surface area (Å²) >= 11 is 6.72. The van der Waals surface area contributed by atoms with Crippen molar-refractivity contribution in [2.45, 2.75) is 6.04 Å². The summed E-state index contributed by atoms with van der Waals surface area (Å²) in [6, 6.07) is 1.52. The number of carbonyl (C=O) groups excluding carboxylic acids is 1. The lowest BCUT2D eigenvalue weighted by Crippen LogP contribution is -2.47. The maximum atomic E-state index is 11.6. The number of hydrogen-bond donors (Lipinski definition) is 2. The lowest BCUT2D eigenvalue weighted by molar-refractivity contribution is -0.124. The van der Waals surface area contributed by atoms with Crippen LogP contribution < -0.4 is 10.6 Å². The van der Waals surface area contributed by atoms with Crippen molar-refractivity contribution in [2.24, 2.45) is 0 Å². The molecular weight excluding hydrogens is 326 g/mol. The Morgan fingerprint density at radius 1 is 1.40 bits per heavy atom. The van der Waals surface area contributed by atoms with Crippen LogP contribution in [0.4, 0.5) is 0 Å². The van der Waals surface area contributed by atoms with Gasteiger partial charge >= 0.3 is 0 Å². The number of nitrogens with one attached hydrogen (secondary N) is 2. The highest BCUT2D eigenvalue weighted by molar-refractivity contribution is 9.11. The molecule has 2 rings (SSSR count). The number of nitrogens with zero attached hydrogens (tertiary/aromatic N) is 1. The van der Waals surface area contributed by atoms with E-state index < -0.39 is 0 Å². The third-order valence-corrected chi connectivity index (χ3v) is 3.21. The molecule has 80 valence electrons. The van der Waals surface area contributed by atoms with Crippen molar-refractivity contribution in [1.82, 2.24) is 15.6 Å². The third-order valence-electron chi connectivity index (χ3n) is 2.14. The lowest BCUT2D eigenvalue weighted by atomic mass is 10.1. The topological polar surface area (TPSA) is 54.0 Å². The van der Waals surface area contributed by atoms with Crippen molar-refractivity contribution in [3.8, 4) is 0 Å². The zero-order chi connectivity index (χ0) is 10.8. The molecule has 0 bridgehead atoms. The third kappa shape index (κ3) is 2.38. The van der Waals surface area contributed by atoms with Gasteiger partial charge in [-0.2, -0.15) is 0 Å². The van der Waals surface area contributed by atoms with Crippen molar-refractivity contribution >= 4 is 37.8 Å². The molecular formula is C9H9Br2N3O. The van der Waals surface area contributed by atoms with Gasteiger partial charge in [0.2, 0.25) is 5.91 Å². The second-order valence-electron chi connectivity index (χ2n) is 3.20. The average molecular weight is 335 g/mol. The summed E-state index contributed by atoms with van der Waals surface area (Å²) in [7, 11) is 0. The number of hydrogen-bond acceptors (Lipinski definition) is 3. The molecule has 1 saturated heterocycles. The maximum Gasteiger partial charge on any atom is 0.243 e. The van der Waals surface area contributed by atoms with E-state index in [2.05, 4.69) is 47.5 Å².